The van der Waals surface area contributed by atoms with E-state index >= 15 is 0 Å². The summed E-state index contributed by atoms with van der Waals surface area (Å²) in [5.41, 5.74) is 3.03. The second-order valence-electron chi connectivity index (χ2n) is 5.76. The number of aryl methyl sites for hydroxylation is 1. The van der Waals surface area contributed by atoms with Crippen molar-refractivity contribution in [3.63, 3.8) is 0 Å². The normalized spacial score (nSPS) is 16.4. The Morgan fingerprint density at radius 1 is 1.35 bits per heavy atom. The first-order valence-electron chi connectivity index (χ1n) is 7.49. The van der Waals surface area contributed by atoms with E-state index in [2.05, 4.69) is 5.32 Å². The van der Waals surface area contributed by atoms with Crippen LogP contribution in [0, 0.1) is 18.7 Å². The number of carbonyl (C=O) groups excluding carboxylic acids is 1. The lowest BCUT2D eigenvalue weighted by molar-refractivity contribution is -0.121. The number of ether oxygens (including phenoxy) is 1. The molecule has 1 heterocycles. The van der Waals surface area contributed by atoms with Crippen LogP contribution in [0.15, 0.2) is 36.4 Å². The van der Waals surface area contributed by atoms with E-state index in [0.29, 0.717) is 23.4 Å². The summed E-state index contributed by atoms with van der Waals surface area (Å²) < 4.78 is 18.9. The molecule has 0 saturated heterocycles. The average Bonchev–Trinajstić information content (AvgIpc) is 2.56. The van der Waals surface area contributed by atoms with Crippen molar-refractivity contribution in [3.05, 3.63) is 58.9 Å². The summed E-state index contributed by atoms with van der Waals surface area (Å²) in [4.78, 5) is 12.5. The number of halogens is 1. The van der Waals surface area contributed by atoms with Crippen molar-refractivity contribution in [2.75, 3.05) is 11.9 Å². The molecule has 1 amide bonds. The van der Waals surface area contributed by atoms with Crippen molar-refractivity contribution in [2.45, 2.75) is 20.0 Å². The summed E-state index contributed by atoms with van der Waals surface area (Å²) in [5, 5.41) is 12.1. The molecule has 0 aromatic heterocycles. The Hall–Kier alpha value is -2.40. The van der Waals surface area contributed by atoms with Gasteiger partial charge in [-0.3, -0.25) is 4.79 Å². The van der Waals surface area contributed by atoms with Crippen molar-refractivity contribution in [1.82, 2.24) is 0 Å². The number of nitrogens with one attached hydrogen (secondary N) is 1. The van der Waals surface area contributed by atoms with Gasteiger partial charge in [-0.1, -0.05) is 12.1 Å². The summed E-state index contributed by atoms with van der Waals surface area (Å²) in [6, 6.07) is 9.77. The van der Waals surface area contributed by atoms with E-state index in [1.54, 1.807) is 12.1 Å². The highest BCUT2D eigenvalue weighted by molar-refractivity contribution is 5.93. The smallest absolute Gasteiger partial charge is 0.231 e. The topological polar surface area (TPSA) is 58.6 Å². The number of carbonyl (C=O) groups is 1. The fourth-order valence-electron chi connectivity index (χ4n) is 2.67. The van der Waals surface area contributed by atoms with E-state index in [-0.39, 0.29) is 30.9 Å². The number of amides is 1. The van der Waals surface area contributed by atoms with Crippen LogP contribution in [-0.2, 0) is 17.8 Å². The maximum atomic E-state index is 13.3. The second kappa shape index (κ2) is 6.38. The Balaban J connectivity index is 1.75. The predicted molar refractivity (Wildman–Crippen MR) is 84.8 cm³/mol. The van der Waals surface area contributed by atoms with Crippen LogP contribution in [0.1, 0.15) is 16.7 Å². The molecule has 120 valence electrons. The van der Waals surface area contributed by atoms with Gasteiger partial charge in [-0.2, -0.15) is 0 Å². The quantitative estimate of drug-likeness (QED) is 0.915. The van der Waals surface area contributed by atoms with Gasteiger partial charge in [0, 0.05) is 5.69 Å². The number of aliphatic hydroxyl groups excluding tert-OH is 1. The van der Waals surface area contributed by atoms with Crippen LogP contribution in [-0.4, -0.2) is 17.6 Å². The zero-order chi connectivity index (χ0) is 16.4. The van der Waals surface area contributed by atoms with Crippen LogP contribution < -0.4 is 10.1 Å². The first kappa shape index (κ1) is 15.5. The van der Waals surface area contributed by atoms with Crippen molar-refractivity contribution in [3.8, 4) is 5.75 Å². The number of hydrogen-bond acceptors (Lipinski definition) is 3. The molecule has 0 fully saturated rings. The molecule has 0 spiro atoms. The van der Waals surface area contributed by atoms with Gasteiger partial charge in [0.1, 0.15) is 18.2 Å². The third-order valence-electron chi connectivity index (χ3n) is 4.04. The molecule has 0 bridgehead atoms. The Morgan fingerprint density at radius 2 is 2.17 bits per heavy atom. The first-order valence-corrected chi connectivity index (χ1v) is 7.49. The van der Waals surface area contributed by atoms with E-state index in [1.165, 1.54) is 12.1 Å². The minimum atomic E-state index is -0.374. The van der Waals surface area contributed by atoms with Crippen molar-refractivity contribution >= 4 is 11.6 Å². The van der Waals surface area contributed by atoms with Crippen LogP contribution in [0.2, 0.25) is 0 Å². The molecule has 1 aliphatic rings. The van der Waals surface area contributed by atoms with Gasteiger partial charge in [0.15, 0.2) is 0 Å². The molecule has 1 aliphatic heterocycles. The van der Waals surface area contributed by atoms with Crippen molar-refractivity contribution in [1.29, 1.82) is 0 Å². The minimum absolute atomic E-state index is 0.0810. The molecule has 0 aliphatic carbocycles. The third kappa shape index (κ3) is 3.35. The predicted octanol–water partition coefficient (Wildman–Crippen LogP) is 2.82. The average molecular weight is 315 g/mol. The van der Waals surface area contributed by atoms with Crippen LogP contribution >= 0.6 is 0 Å². The lowest BCUT2D eigenvalue weighted by Crippen LogP contribution is -2.32. The zero-order valence-electron chi connectivity index (χ0n) is 12.8. The van der Waals surface area contributed by atoms with Gasteiger partial charge in [0.05, 0.1) is 12.5 Å². The standard InChI is InChI=1S/C18H18FNO3/c1-11-2-3-12(9-21)6-16(11)20-18(22)14-7-13-8-15(19)4-5-17(13)23-10-14/h2-6,8,14,21H,7,9-10H2,1H3,(H,20,22). The summed E-state index contributed by atoms with van der Waals surface area (Å²) >= 11 is 0. The van der Waals surface area contributed by atoms with Crippen LogP contribution in [0.4, 0.5) is 10.1 Å². The molecule has 0 radical (unpaired) electrons. The van der Waals surface area contributed by atoms with Gasteiger partial charge < -0.3 is 15.2 Å². The molecule has 4 nitrogen and oxygen atoms in total. The van der Waals surface area contributed by atoms with E-state index in [4.69, 9.17) is 4.74 Å². The highest BCUT2D eigenvalue weighted by atomic mass is 19.1. The Morgan fingerprint density at radius 3 is 2.96 bits per heavy atom. The molecule has 2 aromatic carbocycles. The van der Waals surface area contributed by atoms with Crippen LogP contribution in [0.25, 0.3) is 0 Å². The summed E-state index contributed by atoms with van der Waals surface area (Å²) in [5.74, 6) is -0.242. The molecular weight excluding hydrogens is 297 g/mol. The second-order valence-corrected chi connectivity index (χ2v) is 5.76. The molecule has 1 unspecified atom stereocenters. The van der Waals surface area contributed by atoms with Gasteiger partial charge in [-0.25, -0.2) is 4.39 Å². The summed E-state index contributed by atoms with van der Waals surface area (Å²) in [6.45, 7) is 2.07. The maximum absolute atomic E-state index is 13.3. The highest BCUT2D eigenvalue weighted by Crippen LogP contribution is 2.29. The van der Waals surface area contributed by atoms with Crippen molar-refractivity contribution < 1.29 is 19.0 Å². The number of benzene rings is 2. The zero-order valence-corrected chi connectivity index (χ0v) is 12.8. The Bertz CT molecular complexity index is 745. The lowest BCUT2D eigenvalue weighted by Gasteiger charge is -2.25. The first-order chi connectivity index (χ1) is 11.1. The van der Waals surface area contributed by atoms with E-state index in [9.17, 15) is 14.3 Å². The number of anilines is 1. The number of aliphatic hydroxyl groups is 1. The van der Waals surface area contributed by atoms with Gasteiger partial charge >= 0.3 is 0 Å². The number of hydrogen-bond donors (Lipinski definition) is 2. The van der Waals surface area contributed by atoms with Gasteiger partial charge in [0.2, 0.25) is 5.91 Å². The molecular formula is C18H18FNO3. The summed E-state index contributed by atoms with van der Waals surface area (Å²) in [7, 11) is 0. The summed E-state index contributed by atoms with van der Waals surface area (Å²) in [6.07, 6.45) is 0.442. The molecule has 2 N–H and O–H groups in total. The number of rotatable bonds is 3. The van der Waals surface area contributed by atoms with Crippen molar-refractivity contribution in [2.24, 2.45) is 5.92 Å². The lowest BCUT2D eigenvalue weighted by atomic mass is 9.95. The molecule has 0 saturated carbocycles. The van der Waals surface area contributed by atoms with Crippen LogP contribution in [0.3, 0.4) is 0 Å². The third-order valence-corrected chi connectivity index (χ3v) is 4.04. The Labute approximate surface area is 133 Å². The SMILES string of the molecule is Cc1ccc(CO)cc1NC(=O)C1COc2ccc(F)cc2C1. The van der Waals surface area contributed by atoms with E-state index in [0.717, 1.165) is 11.1 Å². The minimum Gasteiger partial charge on any atom is -0.492 e. The maximum Gasteiger partial charge on any atom is 0.231 e. The molecule has 2 aromatic rings. The van der Waals surface area contributed by atoms with Gasteiger partial charge in [0.25, 0.3) is 0 Å². The van der Waals surface area contributed by atoms with Gasteiger partial charge in [-0.05, 0) is 54.3 Å². The molecule has 5 heteroatoms. The monoisotopic (exact) mass is 315 g/mol. The molecule has 23 heavy (non-hydrogen) atoms. The van der Waals surface area contributed by atoms with Gasteiger partial charge in [-0.15, -0.1) is 0 Å². The van der Waals surface area contributed by atoms with E-state index < -0.39 is 0 Å². The fourth-order valence-corrected chi connectivity index (χ4v) is 2.67. The fraction of sp³-hybridized carbons (Fsp3) is 0.278. The number of fused-ring (bicyclic) bond motifs is 1. The van der Waals surface area contributed by atoms with Crippen LogP contribution in [0.5, 0.6) is 5.75 Å². The molecule has 1 atom stereocenters. The Kier molecular flexibility index (Phi) is 4.30. The molecule has 3 rings (SSSR count). The highest BCUT2D eigenvalue weighted by Gasteiger charge is 2.26. The largest absolute Gasteiger partial charge is 0.492 e. The van der Waals surface area contributed by atoms with E-state index in [1.807, 2.05) is 19.1 Å².